The van der Waals surface area contributed by atoms with E-state index in [1.807, 2.05) is 24.3 Å². The topological polar surface area (TPSA) is 142 Å². The van der Waals surface area contributed by atoms with Gasteiger partial charge in [-0.15, -0.1) is 0 Å². The lowest BCUT2D eigenvalue weighted by Gasteiger charge is -2.29. The number of ketones is 3. The molecule has 0 fully saturated rings. The molecule has 1 aromatic heterocycles. The third-order valence-electron chi connectivity index (χ3n) is 6.95. The van der Waals surface area contributed by atoms with Crippen LogP contribution in [0, 0.1) is 6.92 Å². The molecule has 5 rings (SSSR count). The van der Waals surface area contributed by atoms with Crippen LogP contribution in [0.2, 0.25) is 0 Å². The molecular formula is C27H25N3O6. The van der Waals surface area contributed by atoms with Gasteiger partial charge in [0.05, 0.1) is 22.2 Å². The summed E-state index contributed by atoms with van der Waals surface area (Å²) < 4.78 is 5.78. The van der Waals surface area contributed by atoms with Gasteiger partial charge in [-0.3, -0.25) is 14.4 Å². The smallest absolute Gasteiger partial charge is 0.194 e. The fourth-order valence-electron chi connectivity index (χ4n) is 4.94. The van der Waals surface area contributed by atoms with E-state index in [1.165, 1.54) is 19.9 Å². The van der Waals surface area contributed by atoms with E-state index in [9.17, 15) is 24.6 Å². The second-order valence-electron chi connectivity index (χ2n) is 9.26. The highest BCUT2D eigenvalue weighted by molar-refractivity contribution is 6.31. The quantitative estimate of drug-likeness (QED) is 0.244. The predicted molar refractivity (Wildman–Crippen MR) is 131 cm³/mol. The summed E-state index contributed by atoms with van der Waals surface area (Å²) in [5.41, 5.74) is 0.564. The van der Waals surface area contributed by atoms with E-state index in [0.29, 0.717) is 18.7 Å². The van der Waals surface area contributed by atoms with Crippen LogP contribution in [0.15, 0.2) is 47.4 Å². The van der Waals surface area contributed by atoms with Gasteiger partial charge in [-0.25, -0.2) is 4.98 Å². The lowest BCUT2D eigenvalue weighted by molar-refractivity contribution is -0.123. The molecule has 1 unspecified atom stereocenters. The van der Waals surface area contributed by atoms with Crippen molar-refractivity contribution < 1.29 is 29.3 Å². The van der Waals surface area contributed by atoms with E-state index in [0.717, 1.165) is 16.9 Å². The molecule has 1 aliphatic heterocycles. The van der Waals surface area contributed by atoms with Gasteiger partial charge in [-0.05, 0) is 39.8 Å². The average Bonchev–Trinajstić information content (AvgIpc) is 3.36. The highest BCUT2D eigenvalue weighted by Crippen LogP contribution is 2.57. The molecule has 2 aliphatic rings. The molecule has 3 aromatic rings. The Morgan fingerprint density at radius 3 is 2.58 bits per heavy atom. The van der Waals surface area contributed by atoms with E-state index in [-0.39, 0.29) is 39.5 Å². The van der Waals surface area contributed by atoms with Crippen LogP contribution in [0.3, 0.4) is 0 Å². The van der Waals surface area contributed by atoms with Crippen LogP contribution in [-0.4, -0.2) is 44.1 Å². The average molecular weight is 488 g/mol. The summed E-state index contributed by atoms with van der Waals surface area (Å²) in [6.07, 6.45) is 1.74. The second kappa shape index (κ2) is 8.08. The SMILES string of the molecule is CC(=O)c1c(O)c(C)c(O)c2c1OC1=CC(=O)C(=C(C)NCCc3nc4ccccc4[nH]3)C(=O)C12C. The number of para-hydroxylation sites is 2. The maximum Gasteiger partial charge on any atom is 0.194 e. The van der Waals surface area contributed by atoms with Gasteiger partial charge in [0.25, 0.3) is 0 Å². The molecule has 2 aromatic carbocycles. The van der Waals surface area contributed by atoms with E-state index < -0.39 is 28.5 Å². The lowest BCUT2D eigenvalue weighted by Crippen LogP contribution is -2.41. The van der Waals surface area contributed by atoms with Gasteiger partial charge >= 0.3 is 0 Å². The van der Waals surface area contributed by atoms with Crippen molar-refractivity contribution in [2.75, 3.05) is 6.54 Å². The van der Waals surface area contributed by atoms with Gasteiger partial charge in [-0.2, -0.15) is 0 Å². The zero-order valence-corrected chi connectivity index (χ0v) is 20.3. The summed E-state index contributed by atoms with van der Waals surface area (Å²) in [5, 5.41) is 24.5. The number of rotatable bonds is 5. The summed E-state index contributed by atoms with van der Waals surface area (Å²) in [7, 11) is 0. The predicted octanol–water partition coefficient (Wildman–Crippen LogP) is 3.28. The van der Waals surface area contributed by atoms with Crippen molar-refractivity contribution in [3.8, 4) is 17.2 Å². The first kappa shape index (κ1) is 23.3. The number of hydrogen-bond acceptors (Lipinski definition) is 8. The Hall–Kier alpha value is -4.40. The summed E-state index contributed by atoms with van der Waals surface area (Å²) in [5.74, 6) is -1.69. The third kappa shape index (κ3) is 3.23. The maximum atomic E-state index is 13.8. The molecule has 0 spiro atoms. The first-order valence-corrected chi connectivity index (χ1v) is 11.5. The maximum absolute atomic E-state index is 13.8. The van der Waals surface area contributed by atoms with Gasteiger partial charge in [0.15, 0.2) is 17.3 Å². The van der Waals surface area contributed by atoms with Gasteiger partial charge in [0.1, 0.15) is 39.8 Å². The number of benzene rings is 2. The first-order valence-electron chi connectivity index (χ1n) is 11.5. The molecule has 0 amide bonds. The molecule has 1 atom stereocenters. The number of hydrogen-bond donors (Lipinski definition) is 4. The number of aromatic amines is 1. The van der Waals surface area contributed by atoms with Crippen molar-refractivity contribution in [3.05, 3.63) is 69.9 Å². The molecule has 4 N–H and O–H groups in total. The number of carbonyl (C=O) groups excluding carboxylic acids is 3. The number of fused-ring (bicyclic) bond motifs is 4. The Morgan fingerprint density at radius 2 is 1.89 bits per heavy atom. The van der Waals surface area contributed by atoms with Crippen molar-refractivity contribution in [2.45, 2.75) is 39.5 Å². The van der Waals surface area contributed by atoms with Crippen LogP contribution >= 0.6 is 0 Å². The number of ether oxygens (including phenoxy) is 1. The minimum absolute atomic E-state index is 0.00845. The van der Waals surface area contributed by atoms with E-state index in [2.05, 4.69) is 15.3 Å². The van der Waals surface area contributed by atoms with Gasteiger partial charge < -0.3 is 25.3 Å². The Bertz CT molecular complexity index is 1530. The van der Waals surface area contributed by atoms with E-state index in [4.69, 9.17) is 4.74 Å². The third-order valence-corrected chi connectivity index (χ3v) is 6.95. The van der Waals surface area contributed by atoms with Crippen LogP contribution < -0.4 is 10.1 Å². The van der Waals surface area contributed by atoms with Crippen molar-refractivity contribution in [1.82, 2.24) is 15.3 Å². The Morgan fingerprint density at radius 1 is 1.17 bits per heavy atom. The molecule has 1 aliphatic carbocycles. The summed E-state index contributed by atoms with van der Waals surface area (Å²) in [6.45, 7) is 6.31. The number of phenols is 2. The highest BCUT2D eigenvalue weighted by Gasteiger charge is 2.56. The largest absolute Gasteiger partial charge is 0.507 e. The van der Waals surface area contributed by atoms with Crippen LogP contribution in [0.4, 0.5) is 0 Å². The molecule has 9 nitrogen and oxygen atoms in total. The van der Waals surface area contributed by atoms with Crippen molar-refractivity contribution >= 4 is 28.4 Å². The molecule has 36 heavy (non-hydrogen) atoms. The number of Topliss-reactive ketones (excluding diaryl/α,β-unsaturated/α-hetero) is 2. The number of nitrogens with one attached hydrogen (secondary N) is 2. The summed E-state index contributed by atoms with van der Waals surface area (Å²) >= 11 is 0. The Kier molecular flexibility index (Phi) is 5.24. The van der Waals surface area contributed by atoms with Crippen molar-refractivity contribution in [3.63, 3.8) is 0 Å². The molecule has 0 bridgehead atoms. The van der Waals surface area contributed by atoms with E-state index >= 15 is 0 Å². The Labute approximate surface area is 206 Å². The molecule has 2 heterocycles. The zero-order valence-electron chi connectivity index (χ0n) is 20.3. The van der Waals surface area contributed by atoms with Gasteiger partial charge in [0, 0.05) is 30.3 Å². The zero-order chi connectivity index (χ0) is 25.9. The minimum Gasteiger partial charge on any atom is -0.507 e. The van der Waals surface area contributed by atoms with Crippen LogP contribution in [0.25, 0.3) is 11.0 Å². The fraction of sp³-hybridized carbons (Fsp3) is 0.259. The number of aromatic hydroxyl groups is 2. The number of imidazole rings is 1. The standard InChI is InChI=1S/C27H25N3O6/c1-12-23(33)21(14(3)31)25-22(24(12)34)27(4)18(36-25)11-17(32)20(26(27)35)13(2)28-10-9-19-29-15-7-5-6-8-16(15)30-19/h5-8,11,28,33-34H,9-10H2,1-4H3,(H,29,30). The lowest BCUT2D eigenvalue weighted by atomic mass is 9.70. The van der Waals surface area contributed by atoms with Crippen molar-refractivity contribution in [2.24, 2.45) is 0 Å². The highest BCUT2D eigenvalue weighted by atomic mass is 16.5. The number of phenolic OH excluding ortho intramolecular Hbond substituents is 2. The number of H-pyrrole nitrogens is 1. The fourth-order valence-corrected chi connectivity index (χ4v) is 4.94. The van der Waals surface area contributed by atoms with Crippen LogP contribution in [-0.2, 0) is 21.4 Å². The van der Waals surface area contributed by atoms with Gasteiger partial charge in [0.2, 0.25) is 0 Å². The number of aromatic nitrogens is 2. The van der Waals surface area contributed by atoms with Gasteiger partial charge in [-0.1, -0.05) is 12.1 Å². The molecule has 0 saturated heterocycles. The number of allylic oxidation sites excluding steroid dienone is 4. The molecular weight excluding hydrogens is 462 g/mol. The van der Waals surface area contributed by atoms with E-state index in [1.54, 1.807) is 13.8 Å². The van der Waals surface area contributed by atoms with Crippen LogP contribution in [0.1, 0.15) is 48.1 Å². The summed E-state index contributed by atoms with van der Waals surface area (Å²) in [4.78, 5) is 46.9. The summed E-state index contributed by atoms with van der Waals surface area (Å²) in [6, 6.07) is 7.68. The second-order valence-corrected chi connectivity index (χ2v) is 9.26. The number of carbonyl (C=O) groups is 3. The normalized spacial score (nSPS) is 20.1. The minimum atomic E-state index is -1.53. The first-order chi connectivity index (χ1) is 17.1. The molecule has 0 saturated carbocycles. The molecule has 184 valence electrons. The van der Waals surface area contributed by atoms with Crippen molar-refractivity contribution in [1.29, 1.82) is 0 Å². The monoisotopic (exact) mass is 487 g/mol. The molecule has 9 heteroatoms. The Balaban J connectivity index is 1.49. The number of nitrogens with zero attached hydrogens (tertiary/aromatic N) is 1. The van der Waals surface area contributed by atoms with Crippen LogP contribution in [0.5, 0.6) is 17.2 Å². The molecule has 0 radical (unpaired) electrons.